The summed E-state index contributed by atoms with van der Waals surface area (Å²) in [5.74, 6) is 0. The number of benzene rings is 1. The average Bonchev–Trinajstić information content (AvgIpc) is 3.09. The van der Waals surface area contributed by atoms with Crippen LogP contribution in [0.15, 0.2) is 36.4 Å². The first-order chi connectivity index (χ1) is 12.2. The van der Waals surface area contributed by atoms with Crippen molar-refractivity contribution in [1.29, 1.82) is 0 Å². The minimum absolute atomic E-state index is 0.141. The lowest BCUT2D eigenvalue weighted by atomic mass is 9.82. The Morgan fingerprint density at radius 1 is 1.28 bits per heavy atom. The van der Waals surface area contributed by atoms with E-state index in [1.165, 1.54) is 20.9 Å². The van der Waals surface area contributed by atoms with Gasteiger partial charge in [-0.2, -0.15) is 0 Å². The molecule has 2 aliphatic heterocycles. The van der Waals surface area contributed by atoms with Gasteiger partial charge in [0.25, 0.3) is 0 Å². The third-order valence-corrected chi connectivity index (χ3v) is 6.62. The molecule has 3 heterocycles. The Kier molecular flexibility index (Phi) is 4.93. The molecule has 1 fully saturated rings. The zero-order chi connectivity index (χ0) is 17.3. The number of hydrogen-bond acceptors (Lipinski definition) is 5. The fourth-order valence-corrected chi connectivity index (χ4v) is 5.21. The lowest BCUT2D eigenvalue weighted by Crippen LogP contribution is -2.48. The highest BCUT2D eigenvalue weighted by molar-refractivity contribution is 7.12. The lowest BCUT2D eigenvalue weighted by Gasteiger charge is -2.46. The minimum Gasteiger partial charge on any atom is -0.355 e. The molecule has 0 radical (unpaired) electrons. The number of nitrogens with two attached hydrogens (primary N) is 1. The van der Waals surface area contributed by atoms with Crippen LogP contribution in [0.2, 0.25) is 0 Å². The van der Waals surface area contributed by atoms with E-state index in [9.17, 15) is 0 Å². The van der Waals surface area contributed by atoms with E-state index in [4.69, 9.17) is 15.2 Å². The van der Waals surface area contributed by atoms with Crippen molar-refractivity contribution in [2.24, 2.45) is 5.73 Å². The summed E-state index contributed by atoms with van der Waals surface area (Å²) in [6.45, 7) is 3.69. The molecule has 1 spiro atoms. The molecular formula is C20H26N2O2S. The fraction of sp³-hybridized carbons (Fsp3) is 0.500. The van der Waals surface area contributed by atoms with Gasteiger partial charge in [-0.15, -0.1) is 11.3 Å². The van der Waals surface area contributed by atoms with Gasteiger partial charge in [0.05, 0.1) is 5.60 Å². The van der Waals surface area contributed by atoms with Crippen molar-refractivity contribution in [1.82, 2.24) is 4.90 Å². The van der Waals surface area contributed by atoms with Crippen molar-refractivity contribution in [3.8, 4) is 0 Å². The van der Waals surface area contributed by atoms with Crippen LogP contribution in [0.5, 0.6) is 0 Å². The Labute approximate surface area is 153 Å². The summed E-state index contributed by atoms with van der Waals surface area (Å²) in [6.07, 6.45) is 2.71. The van der Waals surface area contributed by atoms with Crippen molar-refractivity contribution in [2.75, 3.05) is 20.2 Å². The summed E-state index contributed by atoms with van der Waals surface area (Å²) in [4.78, 5) is 5.17. The Hall–Kier alpha value is -1.24. The molecule has 25 heavy (non-hydrogen) atoms. The van der Waals surface area contributed by atoms with Gasteiger partial charge in [-0.05, 0) is 30.0 Å². The van der Waals surface area contributed by atoms with Gasteiger partial charge >= 0.3 is 0 Å². The second-order valence-electron chi connectivity index (χ2n) is 7.00. The molecule has 0 bridgehead atoms. The first-order valence-electron chi connectivity index (χ1n) is 9.01. The summed E-state index contributed by atoms with van der Waals surface area (Å²) < 4.78 is 12.0. The van der Waals surface area contributed by atoms with Gasteiger partial charge in [0.2, 0.25) is 0 Å². The van der Waals surface area contributed by atoms with Gasteiger partial charge in [-0.3, -0.25) is 4.90 Å². The first kappa shape index (κ1) is 17.2. The van der Waals surface area contributed by atoms with E-state index >= 15 is 0 Å². The molecule has 2 aliphatic rings. The third-order valence-electron chi connectivity index (χ3n) is 5.44. The molecule has 4 rings (SSSR count). The smallest absolute Gasteiger partial charge is 0.163 e. The van der Waals surface area contributed by atoms with E-state index in [0.717, 1.165) is 38.9 Å². The van der Waals surface area contributed by atoms with Crippen LogP contribution in [-0.4, -0.2) is 31.4 Å². The molecular weight excluding hydrogens is 332 g/mol. The van der Waals surface area contributed by atoms with Gasteiger partial charge in [0.1, 0.15) is 0 Å². The lowest BCUT2D eigenvalue weighted by molar-refractivity contribution is -0.226. The van der Waals surface area contributed by atoms with Crippen LogP contribution in [0.4, 0.5) is 0 Å². The number of likely N-dealkylation sites (tertiary alicyclic amines) is 1. The van der Waals surface area contributed by atoms with Crippen molar-refractivity contribution in [3.63, 3.8) is 0 Å². The molecule has 0 saturated carbocycles. The van der Waals surface area contributed by atoms with Gasteiger partial charge < -0.3 is 15.2 Å². The maximum Gasteiger partial charge on any atom is 0.163 e. The molecule has 2 aromatic rings. The molecule has 5 heteroatoms. The number of piperidine rings is 1. The Bertz CT molecular complexity index is 708. The standard InChI is InChI=1S/C20H26N2O2S/c1-23-19-12-18-17(11-16(13-21)25-18)20(24-19)7-9-22(10-8-20)14-15-5-3-2-4-6-15/h2-6,11,19H,7-10,12-14,21H2,1H3. The molecule has 0 aliphatic carbocycles. The molecule has 134 valence electrons. The van der Waals surface area contributed by atoms with Crippen LogP contribution >= 0.6 is 11.3 Å². The second kappa shape index (κ2) is 7.17. The predicted octanol–water partition coefficient (Wildman–Crippen LogP) is 3.24. The van der Waals surface area contributed by atoms with E-state index in [2.05, 4.69) is 41.3 Å². The van der Waals surface area contributed by atoms with E-state index in [1.54, 1.807) is 7.11 Å². The summed E-state index contributed by atoms with van der Waals surface area (Å²) >= 11 is 1.83. The predicted molar refractivity (Wildman–Crippen MR) is 100 cm³/mol. The molecule has 0 amide bonds. The van der Waals surface area contributed by atoms with Gasteiger partial charge in [0.15, 0.2) is 6.29 Å². The van der Waals surface area contributed by atoms with Crippen LogP contribution < -0.4 is 5.73 Å². The Morgan fingerprint density at radius 2 is 2.04 bits per heavy atom. The number of ether oxygens (including phenoxy) is 2. The van der Waals surface area contributed by atoms with Crippen LogP contribution in [0.25, 0.3) is 0 Å². The number of nitrogens with zero attached hydrogens (tertiary/aromatic N) is 1. The highest BCUT2D eigenvalue weighted by Gasteiger charge is 2.44. The number of thiophene rings is 1. The molecule has 1 saturated heterocycles. The van der Waals surface area contributed by atoms with Gasteiger partial charge in [-0.1, -0.05) is 30.3 Å². The zero-order valence-electron chi connectivity index (χ0n) is 14.7. The zero-order valence-corrected chi connectivity index (χ0v) is 15.6. The van der Waals surface area contributed by atoms with E-state index in [1.807, 2.05) is 11.3 Å². The average molecular weight is 359 g/mol. The molecule has 1 aromatic heterocycles. The number of rotatable bonds is 4. The van der Waals surface area contributed by atoms with Crippen LogP contribution in [0.3, 0.4) is 0 Å². The largest absolute Gasteiger partial charge is 0.355 e. The van der Waals surface area contributed by atoms with Crippen LogP contribution in [0.1, 0.15) is 33.7 Å². The first-order valence-corrected chi connectivity index (χ1v) is 9.83. The summed E-state index contributed by atoms with van der Waals surface area (Å²) in [5.41, 5.74) is 8.42. The Morgan fingerprint density at radius 3 is 2.72 bits per heavy atom. The topological polar surface area (TPSA) is 47.7 Å². The highest BCUT2D eigenvalue weighted by atomic mass is 32.1. The maximum absolute atomic E-state index is 6.46. The van der Waals surface area contributed by atoms with Crippen molar-refractivity contribution < 1.29 is 9.47 Å². The highest BCUT2D eigenvalue weighted by Crippen LogP contribution is 2.46. The molecule has 1 unspecified atom stereocenters. The normalized spacial score (nSPS) is 22.9. The second-order valence-corrected chi connectivity index (χ2v) is 8.22. The number of hydrogen-bond donors (Lipinski definition) is 1. The molecule has 4 nitrogen and oxygen atoms in total. The van der Waals surface area contributed by atoms with Gasteiger partial charge in [-0.25, -0.2) is 0 Å². The van der Waals surface area contributed by atoms with Crippen molar-refractivity contribution in [3.05, 3.63) is 57.3 Å². The molecule has 2 N–H and O–H groups in total. The minimum atomic E-state index is -0.203. The number of fused-ring (bicyclic) bond motifs is 2. The van der Waals surface area contributed by atoms with Gasteiger partial charge in [0, 0.05) is 49.5 Å². The van der Waals surface area contributed by atoms with Crippen molar-refractivity contribution >= 4 is 11.3 Å². The quantitative estimate of drug-likeness (QED) is 0.911. The van der Waals surface area contributed by atoms with Crippen LogP contribution in [0, 0.1) is 0 Å². The van der Waals surface area contributed by atoms with Crippen LogP contribution in [-0.2, 0) is 34.6 Å². The number of methoxy groups -OCH3 is 1. The molecule has 1 atom stereocenters. The summed E-state index contributed by atoms with van der Waals surface area (Å²) in [7, 11) is 1.74. The van der Waals surface area contributed by atoms with E-state index in [0.29, 0.717) is 6.54 Å². The van der Waals surface area contributed by atoms with E-state index < -0.39 is 0 Å². The Balaban J connectivity index is 1.52. The third kappa shape index (κ3) is 3.39. The molecule has 1 aromatic carbocycles. The fourth-order valence-electron chi connectivity index (χ4n) is 4.06. The van der Waals surface area contributed by atoms with Crippen molar-refractivity contribution in [2.45, 2.75) is 44.2 Å². The summed E-state index contributed by atoms with van der Waals surface area (Å²) in [6, 6.07) is 13.0. The summed E-state index contributed by atoms with van der Waals surface area (Å²) in [5, 5.41) is 0. The SMILES string of the molecule is COC1Cc2sc(CN)cc2C2(CCN(Cc3ccccc3)CC2)O1. The maximum atomic E-state index is 6.46. The monoisotopic (exact) mass is 358 g/mol. The van der Waals surface area contributed by atoms with E-state index in [-0.39, 0.29) is 11.9 Å².